The van der Waals surface area contributed by atoms with Crippen molar-refractivity contribution in [2.45, 2.75) is 55.1 Å². The van der Waals surface area contributed by atoms with Gasteiger partial charge in [-0.3, -0.25) is 9.59 Å². The molecule has 1 fully saturated rings. The van der Waals surface area contributed by atoms with Gasteiger partial charge in [0.2, 0.25) is 5.91 Å². The summed E-state index contributed by atoms with van der Waals surface area (Å²) in [7, 11) is -3.89. The Morgan fingerprint density at radius 3 is 2.40 bits per heavy atom. The van der Waals surface area contributed by atoms with Crippen LogP contribution in [-0.4, -0.2) is 59.4 Å². The van der Waals surface area contributed by atoms with Crippen LogP contribution in [0.2, 0.25) is 0 Å². The number of hydrogen-bond acceptors (Lipinski definition) is 5. The summed E-state index contributed by atoms with van der Waals surface area (Å²) >= 11 is -0.199. The molecule has 0 N–H and O–H groups in total. The lowest BCUT2D eigenvalue weighted by Crippen LogP contribution is -2.49. The highest BCUT2D eigenvalue weighted by Crippen LogP contribution is 2.34. The third-order valence-electron chi connectivity index (χ3n) is 7.70. The van der Waals surface area contributed by atoms with E-state index in [0.29, 0.717) is 19.1 Å². The summed E-state index contributed by atoms with van der Waals surface area (Å²) < 4.78 is 260. The first-order valence-corrected chi connectivity index (χ1v) is 16.0. The number of ether oxygens (including phenoxy) is 1. The molecule has 2 heterocycles. The van der Waals surface area contributed by atoms with Crippen molar-refractivity contribution >= 4 is 28.6 Å². The van der Waals surface area contributed by atoms with Crippen LogP contribution in [0.3, 0.4) is 0 Å². The number of para-hydroxylation sites is 1. The molecule has 0 spiro atoms. The molecule has 1 aliphatic rings. The van der Waals surface area contributed by atoms with E-state index in [1.54, 1.807) is 0 Å². The Labute approximate surface area is 338 Å². The number of methoxy groups -OCH3 is 1. The highest BCUT2D eigenvalue weighted by molar-refractivity contribution is 7.98. The number of aromatic nitrogens is 1. The summed E-state index contributed by atoms with van der Waals surface area (Å²) in [6, 6.07) is 6.69. The first-order chi connectivity index (χ1) is 33.3. The van der Waals surface area contributed by atoms with E-state index in [4.69, 9.17) is 17.8 Å². The molecule has 6 rings (SSSR count). The van der Waals surface area contributed by atoms with E-state index in [0.717, 1.165) is 72.8 Å². The maximum Gasteiger partial charge on any atom is 0.416 e. The Morgan fingerprint density at radius 1 is 1.04 bits per heavy atom. The van der Waals surface area contributed by atoms with Crippen LogP contribution in [0, 0.1) is 11.6 Å². The standard InChI is InChI=1S/C41H40F5N3O3S/c1-27(28-10-12-29(13-11-28)30-14-16-32(17-15-30)41(44,45)46)49(33-18-20-47(21-19-33)22-23-52-2)38(51)25-48-36-9-4-3-7-34(36)37(50)24-39(48)53-26-31-6-5-8-35(42)40(31)43/h3-17,24,27,33H,18-23,25-26H2,1-2H3/i2D3,18D2,19D2,20D2,21D2,22D2,23D2,25D2,26D2,27D,33D. The number of fused-ring (bicyclic) bond motifs is 1. The SMILES string of the molecule is [2H]C([2H])([2H])OC([2H])([2H])C([2H])([2H])N1C([2H])([2H])C([2H])([2H])C([2H])(N(C(=O)C([2H])([2H])n2c(SC([2H])([2H])c3cccc(F)c3F)cc(=O)c3ccccc32)C([2H])(C)c2ccc(-c3ccc(C(F)(F)F)cc3)cc2)C([2H])([2H])C1([2H])[2H]. The van der Waals surface area contributed by atoms with Gasteiger partial charge in [0.15, 0.2) is 17.1 Å². The molecule has 53 heavy (non-hydrogen) atoms. The van der Waals surface area contributed by atoms with Crippen molar-refractivity contribution in [3.63, 3.8) is 0 Å². The molecule has 1 saturated heterocycles. The minimum absolute atomic E-state index is 0.0832. The molecule has 1 aliphatic heterocycles. The van der Waals surface area contributed by atoms with Gasteiger partial charge in [-0.2, -0.15) is 13.2 Å². The van der Waals surface area contributed by atoms with E-state index >= 15 is 9.18 Å². The van der Waals surface area contributed by atoms with Crippen LogP contribution in [0.25, 0.3) is 22.0 Å². The second-order valence-corrected chi connectivity index (χ2v) is 11.8. The molecule has 1 unspecified atom stereocenters. The molecule has 0 aliphatic carbocycles. The molecule has 0 bridgehead atoms. The molecule has 4 aromatic carbocycles. The zero-order valence-corrected chi connectivity index (χ0v) is 27.9. The van der Waals surface area contributed by atoms with E-state index in [1.165, 1.54) is 12.1 Å². The number of nitrogens with zero attached hydrogens (tertiary/aromatic N) is 3. The minimum atomic E-state index is -4.80. The van der Waals surface area contributed by atoms with Gasteiger partial charge in [-0.05, 0) is 66.7 Å². The number of pyridine rings is 1. The van der Waals surface area contributed by atoms with Crippen molar-refractivity contribution in [3.8, 4) is 11.1 Å². The molecule has 6 nitrogen and oxygen atoms in total. The number of alkyl halides is 3. The summed E-state index contributed by atoms with van der Waals surface area (Å²) in [5.41, 5.74) is -7.39. The second-order valence-electron chi connectivity index (χ2n) is 11.0. The van der Waals surface area contributed by atoms with E-state index in [1.807, 2.05) is 0 Å². The summed E-state index contributed by atoms with van der Waals surface area (Å²) in [4.78, 5) is 27.8. The summed E-state index contributed by atoms with van der Waals surface area (Å²) in [6.45, 7) is -22.0. The van der Waals surface area contributed by atoms with Crippen LogP contribution in [-0.2, 0) is 27.9 Å². The average molecular weight is 771 g/mol. The van der Waals surface area contributed by atoms with Crippen LogP contribution in [0.5, 0.6) is 0 Å². The monoisotopic (exact) mass is 770 g/mol. The zero-order valence-electron chi connectivity index (χ0n) is 48.1. The van der Waals surface area contributed by atoms with Crippen molar-refractivity contribution in [2.24, 2.45) is 0 Å². The smallest absolute Gasteiger partial charge is 0.383 e. The number of halogens is 5. The van der Waals surface area contributed by atoms with Gasteiger partial charge in [0.25, 0.3) is 0 Å². The fourth-order valence-electron chi connectivity index (χ4n) is 5.10. The molecule has 5 aromatic rings. The fourth-order valence-corrected chi connectivity index (χ4v) is 5.87. The van der Waals surface area contributed by atoms with Crippen molar-refractivity contribution in [3.05, 3.63) is 136 Å². The van der Waals surface area contributed by atoms with Gasteiger partial charge in [0, 0.05) is 71.7 Å². The lowest BCUT2D eigenvalue weighted by atomic mass is 9.96. The number of likely N-dealkylation sites (tertiary alicyclic amines) is 1. The largest absolute Gasteiger partial charge is 0.416 e. The van der Waals surface area contributed by atoms with Crippen LogP contribution >= 0.6 is 11.8 Å². The van der Waals surface area contributed by atoms with Crippen LogP contribution in [0.4, 0.5) is 22.0 Å². The lowest BCUT2D eigenvalue weighted by molar-refractivity contribution is -0.138. The summed E-state index contributed by atoms with van der Waals surface area (Å²) in [6.07, 6.45) is -14.3. The Bertz CT molecular complexity index is 3020. The highest BCUT2D eigenvalue weighted by atomic mass is 32.2. The Morgan fingerprint density at radius 2 is 1.72 bits per heavy atom. The van der Waals surface area contributed by atoms with Crippen LogP contribution < -0.4 is 5.43 Å². The predicted molar refractivity (Wildman–Crippen MR) is 198 cm³/mol. The molecule has 0 radical (unpaired) electrons. The highest BCUT2D eigenvalue weighted by Gasteiger charge is 2.33. The van der Waals surface area contributed by atoms with E-state index < -0.39 is 142 Å². The quantitative estimate of drug-likeness (QED) is 0.0938. The molecule has 1 amide bonds. The first kappa shape index (κ1) is 19.7. The van der Waals surface area contributed by atoms with Crippen LogP contribution in [0.15, 0.2) is 107 Å². The maximum absolute atomic E-state index is 15.8. The van der Waals surface area contributed by atoms with Gasteiger partial charge in [-0.15, -0.1) is 11.8 Å². The normalized spacial score (nSPS) is 26.9. The molecule has 278 valence electrons. The summed E-state index contributed by atoms with van der Waals surface area (Å²) in [5.74, 6) is -5.77. The number of rotatable bonds is 12. The number of carbonyl (C=O) groups is 1. The Balaban J connectivity index is 1.68. The van der Waals surface area contributed by atoms with Crippen LogP contribution in [0.1, 0.15) is 71.2 Å². The average Bonchev–Trinajstić information content (AvgIpc) is 3.25. The van der Waals surface area contributed by atoms with Gasteiger partial charge >= 0.3 is 6.18 Å². The molecule has 1 aromatic heterocycles. The van der Waals surface area contributed by atoms with E-state index in [-0.39, 0.29) is 27.5 Å². The van der Waals surface area contributed by atoms with Gasteiger partial charge < -0.3 is 19.1 Å². The topological polar surface area (TPSA) is 54.8 Å². The number of benzene rings is 4. The zero-order chi connectivity index (χ0) is 56.4. The van der Waals surface area contributed by atoms with Gasteiger partial charge in [-0.1, -0.05) is 60.7 Å². The minimum Gasteiger partial charge on any atom is -0.383 e. The molecule has 0 saturated carbocycles. The third kappa shape index (κ3) is 8.83. The third-order valence-corrected chi connectivity index (χ3v) is 8.53. The molecule has 12 heteroatoms. The number of hydrogen-bond donors (Lipinski definition) is 0. The second kappa shape index (κ2) is 16.7. The van der Waals surface area contributed by atoms with E-state index in [2.05, 4.69) is 4.74 Å². The molecular formula is C41H40F5N3O3S. The number of piperidine rings is 1. The summed E-state index contributed by atoms with van der Waals surface area (Å²) in [5, 5.41) is -1.41. The number of carbonyl (C=O) groups excluding carboxylic acids is 1. The van der Waals surface area contributed by atoms with Crippen molar-refractivity contribution in [2.75, 3.05) is 33.1 Å². The van der Waals surface area contributed by atoms with Gasteiger partial charge in [0.05, 0.1) is 41.0 Å². The first-order valence-electron chi connectivity index (χ1n) is 25.7. The number of amides is 1. The van der Waals surface area contributed by atoms with Crippen molar-refractivity contribution < 1.29 is 60.3 Å². The molecular weight excluding hydrogens is 710 g/mol. The van der Waals surface area contributed by atoms with E-state index in [9.17, 15) is 33.3 Å². The maximum atomic E-state index is 15.8. The molecule has 1 atom stereocenters. The Hall–Kier alpha value is -4.52. The Kier molecular flexibility index (Phi) is 6.19. The van der Waals surface area contributed by atoms with Gasteiger partial charge in [0.1, 0.15) is 6.50 Å². The fraction of sp³-hybridized carbons (Fsp3) is 0.317. The van der Waals surface area contributed by atoms with Crippen molar-refractivity contribution in [1.29, 1.82) is 0 Å². The number of thioether (sulfide) groups is 1. The van der Waals surface area contributed by atoms with Gasteiger partial charge in [-0.25, -0.2) is 8.78 Å². The lowest BCUT2D eigenvalue weighted by Gasteiger charge is -2.42. The van der Waals surface area contributed by atoms with Crippen molar-refractivity contribution in [1.82, 2.24) is 14.4 Å². The predicted octanol–water partition coefficient (Wildman–Crippen LogP) is 8.96.